The van der Waals surface area contributed by atoms with Crippen LogP contribution in [0.1, 0.15) is 18.4 Å². The van der Waals surface area contributed by atoms with Crippen LogP contribution >= 0.6 is 0 Å². The number of sulfonamides is 2. The summed E-state index contributed by atoms with van der Waals surface area (Å²) in [6.45, 7) is 0.576. The molecule has 1 amide bonds. The van der Waals surface area contributed by atoms with Gasteiger partial charge in [0.2, 0.25) is 26.0 Å². The largest absolute Gasteiger partial charge is 0.341 e. The van der Waals surface area contributed by atoms with E-state index in [1.807, 2.05) is 6.07 Å². The Hall–Kier alpha value is -2.34. The van der Waals surface area contributed by atoms with Crippen molar-refractivity contribution >= 4 is 26.0 Å². The van der Waals surface area contributed by atoms with Gasteiger partial charge in [-0.2, -0.15) is 4.72 Å². The minimum atomic E-state index is -4.30. The molecule has 0 saturated carbocycles. The fourth-order valence-corrected chi connectivity index (χ4v) is 5.90. The van der Waals surface area contributed by atoms with Crippen LogP contribution in [-0.4, -0.2) is 70.4 Å². The van der Waals surface area contributed by atoms with Crippen molar-refractivity contribution in [3.8, 4) is 0 Å². The van der Waals surface area contributed by atoms with E-state index >= 15 is 0 Å². The lowest BCUT2D eigenvalue weighted by molar-refractivity contribution is -0.134. The van der Waals surface area contributed by atoms with Crippen molar-refractivity contribution in [1.29, 1.82) is 0 Å². The van der Waals surface area contributed by atoms with Gasteiger partial charge in [-0.1, -0.05) is 42.5 Å². The molecule has 1 aliphatic rings. The van der Waals surface area contributed by atoms with Gasteiger partial charge < -0.3 is 4.90 Å². The maximum absolute atomic E-state index is 14.2. The smallest absolute Gasteiger partial charge is 0.244 e. The Bertz CT molecular complexity index is 1180. The van der Waals surface area contributed by atoms with Crippen LogP contribution in [0.2, 0.25) is 0 Å². The van der Waals surface area contributed by atoms with Gasteiger partial charge in [0, 0.05) is 26.2 Å². The second-order valence-corrected chi connectivity index (χ2v) is 11.9. The molecule has 3 rings (SSSR count). The molecule has 2 aromatic carbocycles. The first-order valence-electron chi connectivity index (χ1n) is 10.5. The number of rotatable bonds is 8. The summed E-state index contributed by atoms with van der Waals surface area (Å²) in [5, 5.41) is 0. The van der Waals surface area contributed by atoms with Gasteiger partial charge in [-0.25, -0.2) is 25.5 Å². The number of amides is 1. The Balaban J connectivity index is 1.80. The summed E-state index contributed by atoms with van der Waals surface area (Å²) in [7, 11) is -6.14. The van der Waals surface area contributed by atoms with Gasteiger partial charge in [0.1, 0.15) is 16.8 Å². The van der Waals surface area contributed by atoms with E-state index < -0.39 is 42.7 Å². The van der Waals surface area contributed by atoms with E-state index in [2.05, 4.69) is 4.72 Å². The van der Waals surface area contributed by atoms with E-state index in [1.165, 1.54) is 28.4 Å². The molecule has 180 valence electrons. The van der Waals surface area contributed by atoms with Gasteiger partial charge >= 0.3 is 0 Å². The van der Waals surface area contributed by atoms with E-state index in [4.69, 9.17) is 0 Å². The number of halogens is 1. The highest BCUT2D eigenvalue weighted by molar-refractivity contribution is 7.89. The summed E-state index contributed by atoms with van der Waals surface area (Å²) in [6.07, 6.45) is 2.11. The quantitative estimate of drug-likeness (QED) is 0.597. The molecule has 1 fully saturated rings. The van der Waals surface area contributed by atoms with Crippen LogP contribution in [0, 0.1) is 5.82 Å². The predicted molar refractivity (Wildman–Crippen MR) is 123 cm³/mol. The molecular weight excluding hydrogens is 469 g/mol. The molecule has 0 spiro atoms. The zero-order valence-electron chi connectivity index (χ0n) is 18.5. The van der Waals surface area contributed by atoms with Crippen LogP contribution in [0.5, 0.6) is 0 Å². The maximum Gasteiger partial charge on any atom is 0.244 e. The number of carbonyl (C=O) groups excluding carboxylic acids is 1. The van der Waals surface area contributed by atoms with Crippen LogP contribution < -0.4 is 4.72 Å². The molecule has 1 heterocycles. The minimum absolute atomic E-state index is 0.0938. The summed E-state index contributed by atoms with van der Waals surface area (Å²) >= 11 is 0. The molecule has 11 heteroatoms. The number of nitrogens with one attached hydrogen (secondary N) is 1. The highest BCUT2D eigenvalue weighted by Gasteiger charge is 2.34. The molecule has 1 N–H and O–H groups in total. The molecule has 2 aromatic rings. The molecule has 0 aromatic heterocycles. The lowest BCUT2D eigenvalue weighted by atomic mass is 10.0. The van der Waals surface area contributed by atoms with Crippen molar-refractivity contribution < 1.29 is 26.0 Å². The van der Waals surface area contributed by atoms with E-state index in [9.17, 15) is 26.0 Å². The molecule has 1 atom stereocenters. The third kappa shape index (κ3) is 6.38. The molecule has 0 radical (unpaired) electrons. The van der Waals surface area contributed by atoms with Crippen LogP contribution in [0.3, 0.4) is 0 Å². The van der Waals surface area contributed by atoms with Crippen molar-refractivity contribution in [2.24, 2.45) is 0 Å². The zero-order chi connectivity index (χ0) is 24.2. The highest BCUT2D eigenvalue weighted by Crippen LogP contribution is 2.20. The number of likely N-dealkylation sites (tertiary alicyclic amines) is 1. The number of nitrogens with zero attached hydrogens (tertiary/aromatic N) is 2. The van der Waals surface area contributed by atoms with Crippen molar-refractivity contribution in [3.63, 3.8) is 0 Å². The van der Waals surface area contributed by atoms with Crippen molar-refractivity contribution in [1.82, 2.24) is 13.9 Å². The molecule has 1 unspecified atom stereocenters. The first-order valence-corrected chi connectivity index (χ1v) is 13.8. The number of benzene rings is 2. The monoisotopic (exact) mass is 497 g/mol. The minimum Gasteiger partial charge on any atom is -0.341 e. The standard InChI is InChI=1S/C22H28FN3O5S2/c1-25(32(2,28)29)18-12-14-26(15-13-18)22(27)20(16-17-8-4-3-5-9-17)24-33(30,31)21-11-7-6-10-19(21)23/h3-11,18,20,24H,12-16H2,1-2H3. The lowest BCUT2D eigenvalue weighted by Crippen LogP contribution is -2.53. The zero-order valence-corrected chi connectivity index (χ0v) is 20.1. The fraction of sp³-hybridized carbons (Fsp3) is 0.409. The van der Waals surface area contributed by atoms with Crippen LogP contribution in [0.4, 0.5) is 4.39 Å². The average molecular weight is 498 g/mol. The summed E-state index contributed by atoms with van der Waals surface area (Å²) in [5.74, 6) is -1.33. The first kappa shape index (κ1) is 25.3. The summed E-state index contributed by atoms with van der Waals surface area (Å²) in [6, 6.07) is 12.6. The molecule has 0 aliphatic carbocycles. The van der Waals surface area contributed by atoms with Crippen molar-refractivity contribution in [3.05, 3.63) is 66.0 Å². The van der Waals surface area contributed by atoms with Gasteiger partial charge in [0.25, 0.3) is 0 Å². The molecule has 33 heavy (non-hydrogen) atoms. The Morgan fingerprint density at radius 3 is 2.21 bits per heavy atom. The fourth-order valence-electron chi connectivity index (χ4n) is 3.88. The van der Waals surface area contributed by atoms with Crippen molar-refractivity contribution in [2.45, 2.75) is 36.2 Å². The number of carbonyl (C=O) groups is 1. The van der Waals surface area contributed by atoms with Gasteiger partial charge in [-0.3, -0.25) is 4.79 Å². The first-order chi connectivity index (χ1) is 15.5. The van der Waals surface area contributed by atoms with Crippen LogP contribution in [0.15, 0.2) is 59.5 Å². The molecular formula is C22H28FN3O5S2. The Morgan fingerprint density at radius 1 is 1.06 bits per heavy atom. The van der Waals surface area contributed by atoms with Crippen LogP contribution in [0.25, 0.3) is 0 Å². The summed E-state index contributed by atoms with van der Waals surface area (Å²) in [5.41, 5.74) is 0.749. The maximum atomic E-state index is 14.2. The number of piperidine rings is 1. The molecule has 1 saturated heterocycles. The van der Waals surface area contributed by atoms with E-state index in [-0.39, 0.29) is 25.6 Å². The highest BCUT2D eigenvalue weighted by atomic mass is 32.2. The SMILES string of the molecule is CN(C1CCN(C(=O)C(Cc2ccccc2)NS(=O)(=O)c2ccccc2F)CC1)S(C)(=O)=O. The predicted octanol–water partition coefficient (Wildman–Crippen LogP) is 1.60. The molecule has 8 nitrogen and oxygen atoms in total. The van der Waals surface area contributed by atoms with Gasteiger partial charge in [0.05, 0.1) is 6.26 Å². The Labute approximate surface area is 194 Å². The number of hydrogen-bond acceptors (Lipinski definition) is 5. The second-order valence-electron chi connectivity index (χ2n) is 8.13. The second kappa shape index (κ2) is 10.3. The normalized spacial score (nSPS) is 16.7. The van der Waals surface area contributed by atoms with Crippen LogP contribution in [-0.2, 0) is 31.3 Å². The van der Waals surface area contributed by atoms with E-state index in [0.717, 1.165) is 24.0 Å². The van der Waals surface area contributed by atoms with E-state index in [1.54, 1.807) is 24.3 Å². The van der Waals surface area contributed by atoms with E-state index in [0.29, 0.717) is 12.8 Å². The number of hydrogen-bond donors (Lipinski definition) is 1. The lowest BCUT2D eigenvalue weighted by Gasteiger charge is -2.37. The topological polar surface area (TPSA) is 104 Å². The average Bonchev–Trinajstić information content (AvgIpc) is 2.78. The third-order valence-corrected chi connectivity index (χ3v) is 8.67. The third-order valence-electron chi connectivity index (χ3n) is 5.82. The van der Waals surface area contributed by atoms with Gasteiger partial charge in [0.15, 0.2) is 0 Å². The Kier molecular flexibility index (Phi) is 7.88. The molecule has 0 bridgehead atoms. The summed E-state index contributed by atoms with van der Waals surface area (Å²) < 4.78 is 67.3. The van der Waals surface area contributed by atoms with Crippen molar-refractivity contribution in [2.75, 3.05) is 26.4 Å². The summed E-state index contributed by atoms with van der Waals surface area (Å²) in [4.78, 5) is 14.4. The molecule has 1 aliphatic heterocycles. The van der Waals surface area contributed by atoms with Gasteiger partial charge in [-0.15, -0.1) is 0 Å². The van der Waals surface area contributed by atoms with Gasteiger partial charge in [-0.05, 0) is 37.0 Å². The Morgan fingerprint density at radius 2 is 1.64 bits per heavy atom.